The molecule has 0 saturated heterocycles. The van der Waals surface area contributed by atoms with E-state index in [9.17, 15) is 13.2 Å². The van der Waals surface area contributed by atoms with Crippen LogP contribution in [0.1, 0.15) is 27.2 Å². The first kappa shape index (κ1) is 19.4. The first-order valence-electron chi connectivity index (χ1n) is 7.98. The molecule has 25 heavy (non-hydrogen) atoms. The van der Waals surface area contributed by atoms with E-state index in [0.717, 1.165) is 0 Å². The maximum Gasteiger partial charge on any atom is 0.243 e. The highest BCUT2D eigenvalue weighted by Crippen LogP contribution is 2.33. The van der Waals surface area contributed by atoms with E-state index >= 15 is 0 Å². The Bertz CT molecular complexity index is 784. The first-order valence-corrected chi connectivity index (χ1v) is 9.47. The van der Waals surface area contributed by atoms with Crippen molar-refractivity contribution in [1.29, 1.82) is 0 Å². The summed E-state index contributed by atoms with van der Waals surface area (Å²) in [6.45, 7) is 5.63. The maximum absolute atomic E-state index is 12.9. The minimum atomic E-state index is -3.88. The molecular weight excluding hydrogens is 342 g/mol. The van der Waals surface area contributed by atoms with Gasteiger partial charge in [0.05, 0.1) is 12.0 Å². The number of nitrogens with one attached hydrogen (secondary N) is 1. The minimum Gasteiger partial charge on any atom is -0.497 e. The van der Waals surface area contributed by atoms with Gasteiger partial charge in [-0.05, 0) is 67.8 Å². The van der Waals surface area contributed by atoms with Crippen LogP contribution >= 0.6 is 0 Å². The number of sulfonamides is 1. The van der Waals surface area contributed by atoms with E-state index in [4.69, 9.17) is 9.47 Å². The Labute approximate surface area is 148 Å². The zero-order chi connectivity index (χ0) is 18.7. The van der Waals surface area contributed by atoms with Crippen molar-refractivity contribution in [1.82, 2.24) is 4.72 Å². The minimum absolute atomic E-state index is 0.0882. The van der Waals surface area contributed by atoms with Crippen molar-refractivity contribution in [2.75, 3.05) is 13.7 Å². The molecule has 0 saturated carbocycles. The number of hydrogen-bond donors (Lipinski definition) is 1. The van der Waals surface area contributed by atoms with Crippen LogP contribution in [0.5, 0.6) is 5.75 Å². The lowest BCUT2D eigenvalue weighted by Gasteiger charge is -2.38. The molecule has 0 atom stereocenters. The molecule has 1 aromatic rings. The van der Waals surface area contributed by atoms with Gasteiger partial charge in [-0.15, -0.1) is 0 Å². The van der Waals surface area contributed by atoms with E-state index in [1.54, 1.807) is 26.0 Å². The number of carbonyl (C=O) groups is 1. The Hall–Kier alpha value is -1.96. The fourth-order valence-electron chi connectivity index (χ4n) is 2.66. The van der Waals surface area contributed by atoms with Gasteiger partial charge in [0, 0.05) is 6.61 Å². The van der Waals surface area contributed by atoms with Crippen LogP contribution < -0.4 is 9.46 Å². The van der Waals surface area contributed by atoms with E-state index in [-0.39, 0.29) is 10.7 Å². The highest BCUT2D eigenvalue weighted by Gasteiger charge is 2.42. The van der Waals surface area contributed by atoms with Crippen LogP contribution in [0.25, 0.3) is 0 Å². The molecule has 0 amide bonds. The van der Waals surface area contributed by atoms with E-state index in [1.807, 2.05) is 6.92 Å². The summed E-state index contributed by atoms with van der Waals surface area (Å²) in [4.78, 5) is 11.8. The average Bonchev–Trinajstić information content (AvgIpc) is 2.57. The molecular formula is C18H23NO5S. The lowest BCUT2D eigenvalue weighted by atomic mass is 9.90. The second-order valence-electron chi connectivity index (χ2n) is 5.87. The molecule has 0 radical (unpaired) electrons. The molecule has 1 aromatic carbocycles. The highest BCUT2D eigenvalue weighted by molar-refractivity contribution is 7.89. The summed E-state index contributed by atoms with van der Waals surface area (Å²) in [5.74, 6) is 0.376. The van der Waals surface area contributed by atoms with Gasteiger partial charge in [0.15, 0.2) is 11.5 Å². The predicted molar refractivity (Wildman–Crippen MR) is 94.8 cm³/mol. The fraction of sp³-hybridized carbons (Fsp3) is 0.389. The van der Waals surface area contributed by atoms with Crippen LogP contribution in [0.2, 0.25) is 0 Å². The molecule has 1 aliphatic carbocycles. The molecule has 136 valence electrons. The zero-order valence-corrected chi connectivity index (χ0v) is 15.6. The molecule has 1 aliphatic rings. The molecule has 2 rings (SSSR count). The molecule has 0 heterocycles. The van der Waals surface area contributed by atoms with Crippen molar-refractivity contribution in [3.05, 3.63) is 47.6 Å². The van der Waals surface area contributed by atoms with Crippen molar-refractivity contribution < 1.29 is 22.7 Å². The SMILES string of the molecule is CCCOC1(NS(=O)(=O)c2ccc(OC)cc2)C(C)=CC(=O)C=C1C. The predicted octanol–water partition coefficient (Wildman–Crippen LogP) is 2.57. The third-order valence-corrected chi connectivity index (χ3v) is 5.45. The summed E-state index contributed by atoms with van der Waals surface area (Å²) in [6.07, 6.45) is 3.49. The quantitative estimate of drug-likeness (QED) is 0.751. The van der Waals surface area contributed by atoms with E-state index in [0.29, 0.717) is 29.9 Å². The summed E-state index contributed by atoms with van der Waals surface area (Å²) < 4.78 is 39.3. The Morgan fingerprint density at radius 3 is 2.12 bits per heavy atom. The number of rotatable bonds is 7. The fourth-order valence-corrected chi connectivity index (χ4v) is 4.03. The standard InChI is InChI=1S/C18H23NO5S/c1-5-10-24-18(13(2)11-15(20)12-14(18)3)19-25(21,22)17-8-6-16(23-4)7-9-17/h6-9,11-12,19H,5,10H2,1-4H3. The van der Waals surface area contributed by atoms with Gasteiger partial charge in [0.25, 0.3) is 0 Å². The van der Waals surface area contributed by atoms with Gasteiger partial charge < -0.3 is 9.47 Å². The second-order valence-corrected chi connectivity index (χ2v) is 7.55. The molecule has 0 unspecified atom stereocenters. The van der Waals surface area contributed by atoms with Gasteiger partial charge in [-0.2, -0.15) is 4.72 Å². The normalized spacial score (nSPS) is 17.0. The Kier molecular flexibility index (Phi) is 5.82. The van der Waals surface area contributed by atoms with Crippen molar-refractivity contribution in [2.24, 2.45) is 0 Å². The molecule has 0 aliphatic heterocycles. The summed E-state index contributed by atoms with van der Waals surface area (Å²) in [5, 5.41) is 0. The van der Waals surface area contributed by atoms with Crippen molar-refractivity contribution in [2.45, 2.75) is 37.8 Å². The lowest BCUT2D eigenvalue weighted by molar-refractivity contribution is -0.111. The number of methoxy groups -OCH3 is 1. The van der Waals surface area contributed by atoms with E-state index in [1.165, 1.54) is 31.4 Å². The van der Waals surface area contributed by atoms with Crippen molar-refractivity contribution in [3.8, 4) is 5.75 Å². The topological polar surface area (TPSA) is 81.7 Å². The number of ether oxygens (including phenoxy) is 2. The smallest absolute Gasteiger partial charge is 0.243 e. The third-order valence-electron chi connectivity index (χ3n) is 4.00. The highest BCUT2D eigenvalue weighted by atomic mass is 32.2. The number of benzene rings is 1. The molecule has 0 aromatic heterocycles. The molecule has 0 bridgehead atoms. The number of carbonyl (C=O) groups excluding carboxylic acids is 1. The second kappa shape index (κ2) is 7.51. The van der Waals surface area contributed by atoms with Gasteiger partial charge in [-0.1, -0.05) is 6.92 Å². The number of allylic oxidation sites excluding steroid dienone is 2. The molecule has 7 heteroatoms. The van der Waals surface area contributed by atoms with E-state index < -0.39 is 15.7 Å². The lowest BCUT2D eigenvalue weighted by Crippen LogP contribution is -2.53. The Balaban J connectivity index is 2.44. The summed E-state index contributed by atoms with van der Waals surface area (Å²) in [6, 6.07) is 6.06. The monoisotopic (exact) mass is 365 g/mol. The summed E-state index contributed by atoms with van der Waals surface area (Å²) in [5.41, 5.74) is -0.353. The third kappa shape index (κ3) is 4.00. The molecule has 1 N–H and O–H groups in total. The summed E-state index contributed by atoms with van der Waals surface area (Å²) in [7, 11) is -2.37. The van der Waals surface area contributed by atoms with Gasteiger partial charge in [-0.3, -0.25) is 4.79 Å². The van der Waals surface area contributed by atoms with Gasteiger partial charge >= 0.3 is 0 Å². The van der Waals surface area contributed by atoms with Crippen LogP contribution in [-0.2, 0) is 19.6 Å². The van der Waals surface area contributed by atoms with E-state index in [2.05, 4.69) is 4.72 Å². The van der Waals surface area contributed by atoms with Crippen LogP contribution in [0.4, 0.5) is 0 Å². The average molecular weight is 365 g/mol. The van der Waals surface area contributed by atoms with Crippen LogP contribution in [0.15, 0.2) is 52.5 Å². The van der Waals surface area contributed by atoms with Crippen molar-refractivity contribution in [3.63, 3.8) is 0 Å². The maximum atomic E-state index is 12.9. The van der Waals surface area contributed by atoms with Gasteiger partial charge in [-0.25, -0.2) is 8.42 Å². The van der Waals surface area contributed by atoms with Gasteiger partial charge in [0.2, 0.25) is 10.0 Å². The summed E-state index contributed by atoms with van der Waals surface area (Å²) >= 11 is 0. The van der Waals surface area contributed by atoms with Crippen molar-refractivity contribution >= 4 is 15.8 Å². The Morgan fingerprint density at radius 2 is 1.64 bits per heavy atom. The molecule has 0 fully saturated rings. The van der Waals surface area contributed by atoms with Crippen LogP contribution in [0.3, 0.4) is 0 Å². The largest absolute Gasteiger partial charge is 0.497 e. The van der Waals surface area contributed by atoms with Crippen LogP contribution in [-0.4, -0.2) is 33.6 Å². The first-order chi connectivity index (χ1) is 11.7. The molecule has 6 nitrogen and oxygen atoms in total. The van der Waals surface area contributed by atoms with Crippen LogP contribution in [0, 0.1) is 0 Å². The molecule has 0 spiro atoms. The van der Waals surface area contributed by atoms with Gasteiger partial charge in [0.1, 0.15) is 5.75 Å². The Morgan fingerprint density at radius 1 is 1.08 bits per heavy atom. The number of hydrogen-bond acceptors (Lipinski definition) is 5. The zero-order valence-electron chi connectivity index (χ0n) is 14.8. The number of ketones is 1.